The molecule has 1 aromatic carbocycles. The zero-order chi connectivity index (χ0) is 12.8. The van der Waals surface area contributed by atoms with Gasteiger partial charge in [-0.2, -0.15) is 0 Å². The van der Waals surface area contributed by atoms with Gasteiger partial charge in [-0.3, -0.25) is 9.59 Å². The van der Waals surface area contributed by atoms with E-state index in [2.05, 4.69) is 21.2 Å². The maximum Gasteiger partial charge on any atom is 0.243 e. The monoisotopic (exact) mass is 318 g/mol. The third-order valence-corrected chi connectivity index (χ3v) is 2.81. The fourth-order valence-corrected chi connectivity index (χ4v) is 1.61. The third-order valence-electron chi connectivity index (χ3n) is 2.05. The normalized spacial score (nSPS) is 9.82. The number of alkyl halides is 1. The molecular formula is C11H12BrClN2O2. The predicted molar refractivity (Wildman–Crippen MR) is 71.1 cm³/mol. The minimum atomic E-state index is -0.280. The number of amides is 2. The van der Waals surface area contributed by atoms with Gasteiger partial charge in [-0.1, -0.05) is 15.9 Å². The van der Waals surface area contributed by atoms with E-state index >= 15 is 0 Å². The van der Waals surface area contributed by atoms with Crippen LogP contribution < -0.4 is 5.32 Å². The molecule has 6 heteroatoms. The summed E-state index contributed by atoms with van der Waals surface area (Å²) < 4.78 is 0.935. The Morgan fingerprint density at radius 3 is 2.47 bits per heavy atom. The summed E-state index contributed by atoms with van der Waals surface area (Å²) in [7, 11) is 1.53. The van der Waals surface area contributed by atoms with Crippen LogP contribution in [-0.2, 0) is 9.59 Å². The van der Waals surface area contributed by atoms with Crippen LogP contribution in [0.3, 0.4) is 0 Å². The first-order valence-electron chi connectivity index (χ1n) is 4.88. The molecule has 0 saturated carbocycles. The molecule has 2 amide bonds. The molecule has 0 aliphatic carbocycles. The zero-order valence-electron chi connectivity index (χ0n) is 9.24. The van der Waals surface area contributed by atoms with Crippen molar-refractivity contribution in [3.05, 3.63) is 28.7 Å². The topological polar surface area (TPSA) is 49.4 Å². The lowest BCUT2D eigenvalue weighted by Crippen LogP contribution is -2.35. The number of likely N-dealkylation sites (N-methyl/N-ethyl adjacent to an activating group) is 1. The van der Waals surface area contributed by atoms with Crippen molar-refractivity contribution in [1.29, 1.82) is 0 Å². The molecule has 0 aliphatic rings. The Morgan fingerprint density at radius 1 is 1.35 bits per heavy atom. The summed E-state index contributed by atoms with van der Waals surface area (Å²) in [6.45, 7) is -0.0123. The highest BCUT2D eigenvalue weighted by molar-refractivity contribution is 9.10. The SMILES string of the molecule is CN(CC(=O)Nc1ccc(Br)cc1)C(=O)CCl. The predicted octanol–water partition coefficient (Wildman–Crippen LogP) is 2.08. The number of halogens is 2. The van der Waals surface area contributed by atoms with E-state index in [4.69, 9.17) is 11.6 Å². The summed E-state index contributed by atoms with van der Waals surface area (Å²) in [5.74, 6) is -0.659. The van der Waals surface area contributed by atoms with Gasteiger partial charge in [-0.15, -0.1) is 11.6 Å². The smallest absolute Gasteiger partial charge is 0.243 e. The number of carbonyl (C=O) groups is 2. The Bertz CT molecular complexity index is 408. The molecule has 0 aliphatic heterocycles. The molecule has 0 fully saturated rings. The number of carbonyl (C=O) groups excluding carboxylic acids is 2. The lowest BCUT2D eigenvalue weighted by molar-refractivity contribution is -0.131. The first kappa shape index (κ1) is 14.0. The lowest BCUT2D eigenvalue weighted by atomic mass is 10.3. The quantitative estimate of drug-likeness (QED) is 0.864. The van der Waals surface area contributed by atoms with Gasteiger partial charge >= 0.3 is 0 Å². The van der Waals surface area contributed by atoms with Crippen molar-refractivity contribution in [2.45, 2.75) is 0 Å². The van der Waals surface area contributed by atoms with E-state index in [0.29, 0.717) is 5.69 Å². The van der Waals surface area contributed by atoms with Crippen LogP contribution in [0.1, 0.15) is 0 Å². The van der Waals surface area contributed by atoms with Crippen LogP contribution in [0.15, 0.2) is 28.7 Å². The zero-order valence-corrected chi connectivity index (χ0v) is 11.6. The third kappa shape index (κ3) is 4.75. The van der Waals surface area contributed by atoms with Gasteiger partial charge in [0.15, 0.2) is 0 Å². The summed E-state index contributed by atoms with van der Waals surface area (Å²) in [5.41, 5.74) is 0.685. The van der Waals surface area contributed by atoms with E-state index in [1.54, 1.807) is 12.1 Å². The molecule has 0 aromatic heterocycles. The van der Waals surface area contributed by atoms with Gasteiger partial charge in [0.1, 0.15) is 5.88 Å². The molecular weight excluding hydrogens is 307 g/mol. The van der Waals surface area contributed by atoms with Gasteiger partial charge in [-0.25, -0.2) is 0 Å². The molecule has 0 saturated heterocycles. The number of hydrogen-bond donors (Lipinski definition) is 1. The maximum absolute atomic E-state index is 11.6. The van der Waals surface area contributed by atoms with Crippen molar-refractivity contribution < 1.29 is 9.59 Å². The van der Waals surface area contributed by atoms with Crippen molar-refractivity contribution >= 4 is 45.0 Å². The Hall–Kier alpha value is -1.07. The van der Waals surface area contributed by atoms with Crippen LogP contribution in [0.4, 0.5) is 5.69 Å². The van der Waals surface area contributed by atoms with Gasteiger partial charge in [-0.05, 0) is 24.3 Å². The molecule has 0 unspecified atom stereocenters. The highest BCUT2D eigenvalue weighted by atomic mass is 79.9. The molecule has 1 rings (SSSR count). The van der Waals surface area contributed by atoms with Crippen LogP contribution in [0, 0.1) is 0 Å². The summed E-state index contributed by atoms with van der Waals surface area (Å²) in [6.07, 6.45) is 0. The van der Waals surface area contributed by atoms with Crippen LogP contribution in [-0.4, -0.2) is 36.2 Å². The molecule has 0 heterocycles. The summed E-state index contributed by atoms with van der Waals surface area (Å²) in [5, 5.41) is 2.68. The molecule has 0 atom stereocenters. The lowest BCUT2D eigenvalue weighted by Gasteiger charge is -2.15. The van der Waals surface area contributed by atoms with E-state index in [1.807, 2.05) is 12.1 Å². The largest absolute Gasteiger partial charge is 0.335 e. The highest BCUT2D eigenvalue weighted by Gasteiger charge is 2.11. The maximum atomic E-state index is 11.6. The van der Waals surface area contributed by atoms with E-state index in [1.165, 1.54) is 11.9 Å². The molecule has 4 nitrogen and oxygen atoms in total. The standard InChI is InChI=1S/C11H12BrClN2O2/c1-15(11(17)6-13)7-10(16)14-9-4-2-8(12)3-5-9/h2-5H,6-7H2,1H3,(H,14,16). The Morgan fingerprint density at radius 2 is 1.94 bits per heavy atom. The van der Waals surface area contributed by atoms with Crippen LogP contribution in [0.2, 0.25) is 0 Å². The molecule has 1 N–H and O–H groups in total. The fourth-order valence-electron chi connectivity index (χ4n) is 1.14. The van der Waals surface area contributed by atoms with Gasteiger partial charge in [0.05, 0.1) is 6.54 Å². The second-order valence-electron chi connectivity index (χ2n) is 3.44. The fraction of sp³-hybridized carbons (Fsp3) is 0.273. The Kier molecular flexibility index (Phi) is 5.44. The molecule has 0 radical (unpaired) electrons. The molecule has 0 spiro atoms. The van der Waals surface area contributed by atoms with E-state index in [9.17, 15) is 9.59 Å². The number of hydrogen-bond acceptors (Lipinski definition) is 2. The summed E-state index contributed by atoms with van der Waals surface area (Å²) >= 11 is 8.68. The molecule has 17 heavy (non-hydrogen) atoms. The minimum Gasteiger partial charge on any atom is -0.335 e. The van der Waals surface area contributed by atoms with E-state index in [0.717, 1.165) is 4.47 Å². The first-order valence-corrected chi connectivity index (χ1v) is 6.21. The second-order valence-corrected chi connectivity index (χ2v) is 4.62. The van der Waals surface area contributed by atoms with Crippen LogP contribution in [0.5, 0.6) is 0 Å². The number of rotatable bonds is 4. The highest BCUT2D eigenvalue weighted by Crippen LogP contribution is 2.13. The first-order chi connectivity index (χ1) is 8.02. The van der Waals surface area contributed by atoms with Gasteiger partial charge < -0.3 is 10.2 Å². The van der Waals surface area contributed by atoms with Gasteiger partial charge in [0.2, 0.25) is 11.8 Å². The Balaban J connectivity index is 2.50. The average Bonchev–Trinajstić information content (AvgIpc) is 2.30. The number of nitrogens with one attached hydrogen (secondary N) is 1. The van der Waals surface area contributed by atoms with Crippen molar-refractivity contribution in [2.24, 2.45) is 0 Å². The average molecular weight is 320 g/mol. The van der Waals surface area contributed by atoms with Gasteiger partial charge in [0.25, 0.3) is 0 Å². The molecule has 1 aromatic rings. The van der Waals surface area contributed by atoms with Crippen LogP contribution in [0.25, 0.3) is 0 Å². The van der Waals surface area contributed by atoms with Crippen LogP contribution >= 0.6 is 27.5 Å². The second kappa shape index (κ2) is 6.61. The molecule has 0 bridgehead atoms. The van der Waals surface area contributed by atoms with Crippen molar-refractivity contribution in [3.8, 4) is 0 Å². The van der Waals surface area contributed by atoms with E-state index in [-0.39, 0.29) is 24.2 Å². The van der Waals surface area contributed by atoms with Crippen molar-refractivity contribution in [1.82, 2.24) is 4.90 Å². The number of benzene rings is 1. The molecule has 92 valence electrons. The minimum absolute atomic E-state index is 0.0123. The van der Waals surface area contributed by atoms with E-state index < -0.39 is 0 Å². The van der Waals surface area contributed by atoms with Gasteiger partial charge in [0, 0.05) is 17.2 Å². The van der Waals surface area contributed by atoms with Crippen molar-refractivity contribution in [3.63, 3.8) is 0 Å². The summed E-state index contributed by atoms with van der Waals surface area (Å²) in [6, 6.07) is 7.18. The number of nitrogens with zero attached hydrogens (tertiary/aromatic N) is 1. The number of anilines is 1. The van der Waals surface area contributed by atoms with Crippen molar-refractivity contribution in [2.75, 3.05) is 24.8 Å². The Labute approximate surface area is 113 Å². The summed E-state index contributed by atoms with van der Waals surface area (Å²) in [4.78, 5) is 24.0.